The number of rotatable bonds is 2. The van der Waals surface area contributed by atoms with Gasteiger partial charge in [-0.2, -0.15) is 0 Å². The average molecular weight is 208 g/mol. The van der Waals surface area contributed by atoms with E-state index in [-0.39, 0.29) is 0 Å². The Morgan fingerprint density at radius 1 is 1.50 bits per heavy atom. The van der Waals surface area contributed by atoms with E-state index in [9.17, 15) is 0 Å². The first kappa shape index (κ1) is 11.7. The van der Waals surface area contributed by atoms with Crippen LogP contribution in [0.1, 0.15) is 34.1 Å². The highest BCUT2D eigenvalue weighted by Crippen LogP contribution is 2.41. The van der Waals surface area contributed by atoms with E-state index in [1.54, 1.807) is 11.8 Å². The maximum atomic E-state index is 3.38. The van der Waals surface area contributed by atoms with Crippen LogP contribution in [0.2, 0.25) is 0 Å². The Morgan fingerprint density at radius 3 is 2.79 bits per heavy atom. The van der Waals surface area contributed by atoms with E-state index in [1.807, 2.05) is 0 Å². The van der Waals surface area contributed by atoms with E-state index in [2.05, 4.69) is 51.0 Å². The second-order valence-corrected chi connectivity index (χ2v) is 5.41. The molecule has 0 aromatic carbocycles. The van der Waals surface area contributed by atoms with Crippen LogP contribution in [-0.4, -0.2) is 5.75 Å². The lowest BCUT2D eigenvalue weighted by atomic mass is 9.67. The van der Waals surface area contributed by atoms with Gasteiger partial charge in [0.15, 0.2) is 0 Å². The van der Waals surface area contributed by atoms with E-state index in [0.717, 1.165) is 0 Å². The summed E-state index contributed by atoms with van der Waals surface area (Å²) in [6.07, 6.45) is 5.65. The van der Waals surface area contributed by atoms with Crippen LogP contribution >= 0.6 is 11.8 Å². The van der Waals surface area contributed by atoms with Crippen molar-refractivity contribution < 1.29 is 0 Å². The number of allylic oxidation sites excluding steroid dienone is 2. The molecule has 2 unspecified atom stereocenters. The second-order valence-electron chi connectivity index (χ2n) is 4.51. The van der Waals surface area contributed by atoms with Gasteiger partial charge in [0.2, 0.25) is 0 Å². The fraction of sp³-hybridized carbons (Fsp3) is 0.692. The summed E-state index contributed by atoms with van der Waals surface area (Å²) in [5, 5.41) is 3.21. The molecule has 0 fully saturated rings. The first-order chi connectivity index (χ1) is 6.61. The molecule has 0 bridgehead atoms. The molecule has 78 valence electrons. The molecule has 0 aromatic rings. The van der Waals surface area contributed by atoms with Gasteiger partial charge in [-0.25, -0.2) is 0 Å². The maximum Gasteiger partial charge on any atom is 0.0448 e. The van der Waals surface area contributed by atoms with E-state index in [0.29, 0.717) is 17.3 Å². The molecule has 1 heteroatoms. The van der Waals surface area contributed by atoms with Crippen molar-refractivity contribution in [3.63, 3.8) is 0 Å². The highest BCUT2D eigenvalue weighted by atomic mass is 32.2. The van der Waals surface area contributed by atoms with E-state index >= 15 is 0 Å². The Hall–Kier alpha value is -0.350. The Bertz CT molecular complexity index is 267. The van der Waals surface area contributed by atoms with Crippen molar-refractivity contribution in [1.82, 2.24) is 0 Å². The Balaban J connectivity index is 2.95. The van der Waals surface area contributed by atoms with Gasteiger partial charge in [0.25, 0.3) is 0 Å². The van der Waals surface area contributed by atoms with E-state index in [4.69, 9.17) is 0 Å². The molecule has 0 amide bonds. The molecule has 2 atom stereocenters. The summed E-state index contributed by atoms with van der Waals surface area (Å²) in [5.74, 6) is 5.68. The highest BCUT2D eigenvalue weighted by molar-refractivity contribution is 8.03. The molecule has 14 heavy (non-hydrogen) atoms. The van der Waals surface area contributed by atoms with Crippen molar-refractivity contribution in [2.24, 2.45) is 17.3 Å². The van der Waals surface area contributed by atoms with Crippen molar-refractivity contribution in [2.75, 3.05) is 5.75 Å². The van der Waals surface area contributed by atoms with Crippen molar-refractivity contribution in [1.29, 1.82) is 0 Å². The first-order valence-electron chi connectivity index (χ1n) is 5.36. The molecule has 0 spiro atoms. The molecule has 0 N–H and O–H groups in total. The molecule has 1 aliphatic heterocycles. The molecule has 0 radical (unpaired) electrons. The van der Waals surface area contributed by atoms with Gasteiger partial charge < -0.3 is 0 Å². The fourth-order valence-corrected chi connectivity index (χ4v) is 2.71. The maximum absolute atomic E-state index is 3.38. The molecule has 1 aliphatic rings. The van der Waals surface area contributed by atoms with E-state index in [1.165, 1.54) is 12.2 Å². The third kappa shape index (κ3) is 2.36. The lowest BCUT2D eigenvalue weighted by Gasteiger charge is -2.36. The predicted molar refractivity (Wildman–Crippen MR) is 66.1 cm³/mol. The number of hydrogen-bond donors (Lipinski definition) is 0. The van der Waals surface area contributed by atoms with Crippen LogP contribution in [0.25, 0.3) is 0 Å². The minimum Gasteiger partial charge on any atom is -0.0904 e. The Kier molecular flexibility index (Phi) is 4.13. The summed E-state index contributed by atoms with van der Waals surface area (Å²) in [4.78, 5) is 0. The Morgan fingerprint density at radius 2 is 2.21 bits per heavy atom. The molecule has 0 saturated heterocycles. The van der Waals surface area contributed by atoms with Crippen LogP contribution in [0.15, 0.2) is 12.2 Å². The van der Waals surface area contributed by atoms with Crippen LogP contribution in [0, 0.1) is 28.4 Å². The topological polar surface area (TPSA) is 0 Å². The predicted octanol–water partition coefficient (Wildman–Crippen LogP) is 3.94. The van der Waals surface area contributed by atoms with Crippen LogP contribution < -0.4 is 0 Å². The minimum absolute atomic E-state index is 0.350. The standard InChI is InChI=1S/C13H20S/c1-5-6-12-7-9-14-10-8-13(12,4)11(2)3/h5-6,11-12H,8,10H2,1-4H3/b6-5-. The van der Waals surface area contributed by atoms with Crippen LogP contribution in [-0.2, 0) is 0 Å². The summed E-state index contributed by atoms with van der Waals surface area (Å²) >= 11 is 1.77. The van der Waals surface area contributed by atoms with Gasteiger partial charge in [-0.3, -0.25) is 0 Å². The Labute approximate surface area is 92.5 Å². The molecule has 1 heterocycles. The molecule has 0 aliphatic carbocycles. The zero-order chi connectivity index (χ0) is 10.6. The van der Waals surface area contributed by atoms with Crippen LogP contribution in [0.5, 0.6) is 0 Å². The number of thioether (sulfide) groups is 1. The van der Waals surface area contributed by atoms with Crippen molar-refractivity contribution in [3.8, 4) is 11.2 Å². The minimum atomic E-state index is 0.350. The SMILES string of the molecule is C/C=C\C1C#CSCCC1(C)C(C)C. The molecule has 0 nitrogen and oxygen atoms in total. The molecular weight excluding hydrogens is 188 g/mol. The number of hydrogen-bond acceptors (Lipinski definition) is 1. The lowest BCUT2D eigenvalue weighted by Crippen LogP contribution is -2.31. The van der Waals surface area contributed by atoms with Crippen LogP contribution in [0.4, 0.5) is 0 Å². The molecule has 0 aromatic heterocycles. The fourth-order valence-electron chi connectivity index (χ4n) is 1.86. The van der Waals surface area contributed by atoms with Gasteiger partial charge in [-0.1, -0.05) is 50.6 Å². The van der Waals surface area contributed by atoms with E-state index < -0.39 is 0 Å². The van der Waals surface area contributed by atoms with Crippen molar-refractivity contribution >= 4 is 11.8 Å². The first-order valence-corrected chi connectivity index (χ1v) is 6.35. The monoisotopic (exact) mass is 208 g/mol. The molecule has 0 saturated carbocycles. The second kappa shape index (κ2) is 4.94. The lowest BCUT2D eigenvalue weighted by molar-refractivity contribution is 0.174. The summed E-state index contributed by atoms with van der Waals surface area (Å²) in [5.41, 5.74) is 0.350. The van der Waals surface area contributed by atoms with Gasteiger partial charge in [-0.05, 0) is 29.9 Å². The molecular formula is C13H20S. The summed E-state index contributed by atoms with van der Waals surface area (Å²) in [6, 6.07) is 0. The third-order valence-corrected chi connectivity index (χ3v) is 4.11. The summed E-state index contributed by atoms with van der Waals surface area (Å²) in [6.45, 7) is 9.09. The van der Waals surface area contributed by atoms with Gasteiger partial charge in [0, 0.05) is 11.7 Å². The summed E-state index contributed by atoms with van der Waals surface area (Å²) in [7, 11) is 0. The summed E-state index contributed by atoms with van der Waals surface area (Å²) < 4.78 is 0. The van der Waals surface area contributed by atoms with Gasteiger partial charge >= 0.3 is 0 Å². The smallest absolute Gasteiger partial charge is 0.0448 e. The zero-order valence-corrected chi connectivity index (χ0v) is 10.4. The average Bonchev–Trinajstić information content (AvgIpc) is 2.31. The van der Waals surface area contributed by atoms with Gasteiger partial charge in [-0.15, -0.1) is 0 Å². The van der Waals surface area contributed by atoms with Crippen molar-refractivity contribution in [2.45, 2.75) is 34.1 Å². The van der Waals surface area contributed by atoms with Gasteiger partial charge in [0.05, 0.1) is 0 Å². The largest absolute Gasteiger partial charge is 0.0904 e. The normalized spacial score (nSPS) is 32.8. The molecule has 1 rings (SSSR count). The zero-order valence-electron chi connectivity index (χ0n) is 9.63. The quantitative estimate of drug-likeness (QED) is 0.489. The van der Waals surface area contributed by atoms with Crippen molar-refractivity contribution in [3.05, 3.63) is 12.2 Å². The highest BCUT2D eigenvalue weighted by Gasteiger charge is 2.35. The third-order valence-electron chi connectivity index (χ3n) is 3.44. The van der Waals surface area contributed by atoms with Crippen LogP contribution in [0.3, 0.4) is 0 Å². The van der Waals surface area contributed by atoms with Gasteiger partial charge in [0.1, 0.15) is 0 Å².